The number of nitro groups is 1. The number of halogens is 2. The molecule has 1 heterocycles. The van der Waals surface area contributed by atoms with E-state index in [-0.39, 0.29) is 18.1 Å². The molecule has 0 atom stereocenters. The summed E-state index contributed by atoms with van der Waals surface area (Å²) in [6, 6.07) is 4.79. The summed E-state index contributed by atoms with van der Waals surface area (Å²) < 4.78 is 26.1. The summed E-state index contributed by atoms with van der Waals surface area (Å²) in [6.07, 6.45) is 1.79. The molecule has 0 bridgehead atoms. The molecular weight excluding hydrogens is 280 g/mol. The van der Waals surface area contributed by atoms with Gasteiger partial charge in [-0.25, -0.2) is 13.8 Å². The van der Waals surface area contributed by atoms with E-state index in [0.717, 1.165) is 6.07 Å². The summed E-state index contributed by atoms with van der Waals surface area (Å²) in [7, 11) is 0. The Bertz CT molecular complexity index is 657. The van der Waals surface area contributed by atoms with Gasteiger partial charge in [-0.15, -0.1) is 0 Å². The molecule has 0 unspecified atom stereocenters. The minimum absolute atomic E-state index is 0.0945. The summed E-state index contributed by atoms with van der Waals surface area (Å²) in [5, 5.41) is 13.8. The van der Waals surface area contributed by atoms with Crippen LogP contribution in [0.4, 0.5) is 20.3 Å². The van der Waals surface area contributed by atoms with Crippen LogP contribution in [0.15, 0.2) is 30.5 Å². The quantitative estimate of drug-likeness (QED) is 0.679. The Labute approximate surface area is 119 Å². The fourth-order valence-corrected chi connectivity index (χ4v) is 1.99. The maximum atomic E-state index is 13.0. The van der Waals surface area contributed by atoms with E-state index in [1.807, 2.05) is 0 Å². The maximum Gasteiger partial charge on any atom is 0.314 e. The molecule has 7 heteroatoms. The molecule has 0 spiro atoms. The van der Waals surface area contributed by atoms with Crippen molar-refractivity contribution in [3.8, 4) is 0 Å². The highest BCUT2D eigenvalue weighted by Crippen LogP contribution is 2.25. The molecule has 0 amide bonds. The molecule has 110 valence electrons. The first kappa shape index (κ1) is 14.8. The molecule has 0 fully saturated rings. The SMILES string of the molecule is Cc1ccnc(NCCc2cc(F)cc(F)c2)c1[N+](=O)[O-]. The van der Waals surface area contributed by atoms with Crippen LogP contribution in [0.3, 0.4) is 0 Å². The van der Waals surface area contributed by atoms with Crippen LogP contribution in [0.25, 0.3) is 0 Å². The third kappa shape index (κ3) is 3.71. The van der Waals surface area contributed by atoms with E-state index in [1.54, 1.807) is 13.0 Å². The summed E-state index contributed by atoms with van der Waals surface area (Å²) in [5.41, 5.74) is 0.868. The lowest BCUT2D eigenvalue weighted by molar-refractivity contribution is -0.384. The van der Waals surface area contributed by atoms with Crippen LogP contribution < -0.4 is 5.32 Å². The van der Waals surface area contributed by atoms with Crippen molar-refractivity contribution in [2.75, 3.05) is 11.9 Å². The van der Waals surface area contributed by atoms with Gasteiger partial charge in [0.2, 0.25) is 5.82 Å². The zero-order valence-corrected chi connectivity index (χ0v) is 11.3. The van der Waals surface area contributed by atoms with Crippen LogP contribution in [0.2, 0.25) is 0 Å². The molecule has 2 aromatic rings. The maximum absolute atomic E-state index is 13.0. The van der Waals surface area contributed by atoms with E-state index in [2.05, 4.69) is 10.3 Å². The van der Waals surface area contributed by atoms with Gasteiger partial charge in [0.25, 0.3) is 0 Å². The molecule has 0 aliphatic rings. The van der Waals surface area contributed by atoms with Crippen LogP contribution >= 0.6 is 0 Å². The number of anilines is 1. The van der Waals surface area contributed by atoms with Crippen molar-refractivity contribution in [1.29, 1.82) is 0 Å². The second-order valence-corrected chi connectivity index (χ2v) is 4.54. The van der Waals surface area contributed by atoms with E-state index in [1.165, 1.54) is 18.3 Å². The fraction of sp³-hybridized carbons (Fsp3) is 0.214. The van der Waals surface area contributed by atoms with Crippen molar-refractivity contribution in [3.63, 3.8) is 0 Å². The molecule has 5 nitrogen and oxygen atoms in total. The molecule has 0 radical (unpaired) electrons. The number of nitrogens with one attached hydrogen (secondary N) is 1. The van der Waals surface area contributed by atoms with E-state index in [0.29, 0.717) is 17.5 Å². The van der Waals surface area contributed by atoms with Crippen LogP contribution in [-0.4, -0.2) is 16.5 Å². The first-order valence-corrected chi connectivity index (χ1v) is 6.26. The third-order valence-corrected chi connectivity index (χ3v) is 2.94. The fourth-order valence-electron chi connectivity index (χ4n) is 1.99. The van der Waals surface area contributed by atoms with Crippen molar-refractivity contribution < 1.29 is 13.7 Å². The lowest BCUT2D eigenvalue weighted by Gasteiger charge is -2.07. The highest BCUT2D eigenvalue weighted by atomic mass is 19.1. The Morgan fingerprint density at radius 1 is 1.29 bits per heavy atom. The van der Waals surface area contributed by atoms with Crippen molar-refractivity contribution in [2.45, 2.75) is 13.3 Å². The largest absolute Gasteiger partial charge is 0.364 e. The Hall–Kier alpha value is -2.57. The molecule has 1 N–H and O–H groups in total. The lowest BCUT2D eigenvalue weighted by Crippen LogP contribution is -2.09. The van der Waals surface area contributed by atoms with Crippen molar-refractivity contribution in [1.82, 2.24) is 4.98 Å². The number of rotatable bonds is 5. The average Bonchev–Trinajstić information content (AvgIpc) is 2.37. The van der Waals surface area contributed by atoms with Gasteiger partial charge in [0.05, 0.1) is 4.92 Å². The zero-order valence-electron chi connectivity index (χ0n) is 11.3. The van der Waals surface area contributed by atoms with Gasteiger partial charge >= 0.3 is 5.69 Å². The van der Waals surface area contributed by atoms with Crippen LogP contribution in [-0.2, 0) is 6.42 Å². The van der Waals surface area contributed by atoms with Gasteiger partial charge < -0.3 is 5.32 Å². The lowest BCUT2D eigenvalue weighted by atomic mass is 10.1. The average molecular weight is 293 g/mol. The van der Waals surface area contributed by atoms with Crippen LogP contribution in [0, 0.1) is 28.7 Å². The number of nitrogens with zero attached hydrogens (tertiary/aromatic N) is 2. The van der Waals surface area contributed by atoms with E-state index >= 15 is 0 Å². The molecule has 1 aromatic carbocycles. The number of aryl methyl sites for hydroxylation is 1. The molecule has 0 aliphatic carbocycles. The second kappa shape index (κ2) is 6.25. The molecule has 0 aliphatic heterocycles. The Kier molecular flexibility index (Phi) is 4.42. The van der Waals surface area contributed by atoms with E-state index in [4.69, 9.17) is 0 Å². The minimum atomic E-state index is -0.648. The highest BCUT2D eigenvalue weighted by molar-refractivity contribution is 5.59. The van der Waals surface area contributed by atoms with Crippen LogP contribution in [0.1, 0.15) is 11.1 Å². The standard InChI is InChI=1S/C14H13F2N3O2/c1-9-2-4-17-14(13(9)19(20)21)18-5-3-10-6-11(15)8-12(16)7-10/h2,4,6-8H,3,5H2,1H3,(H,17,18). The molecule has 1 aromatic heterocycles. The van der Waals surface area contributed by atoms with E-state index < -0.39 is 16.6 Å². The first-order chi connectivity index (χ1) is 9.97. The van der Waals surface area contributed by atoms with Crippen molar-refractivity contribution >= 4 is 11.5 Å². The predicted octanol–water partition coefficient (Wildman–Crippen LogP) is 3.23. The minimum Gasteiger partial charge on any atom is -0.364 e. The molecule has 2 rings (SSSR count). The molecule has 21 heavy (non-hydrogen) atoms. The third-order valence-electron chi connectivity index (χ3n) is 2.94. The molecule has 0 saturated heterocycles. The second-order valence-electron chi connectivity index (χ2n) is 4.54. The van der Waals surface area contributed by atoms with Crippen molar-refractivity contribution in [2.24, 2.45) is 0 Å². The summed E-state index contributed by atoms with van der Waals surface area (Å²) in [6.45, 7) is 1.90. The summed E-state index contributed by atoms with van der Waals surface area (Å²) >= 11 is 0. The van der Waals surface area contributed by atoms with Crippen LogP contribution in [0.5, 0.6) is 0 Å². The van der Waals surface area contributed by atoms with Gasteiger partial charge in [-0.3, -0.25) is 10.1 Å². The smallest absolute Gasteiger partial charge is 0.314 e. The van der Waals surface area contributed by atoms with E-state index in [9.17, 15) is 18.9 Å². The van der Waals surface area contributed by atoms with Gasteiger partial charge in [0, 0.05) is 24.4 Å². The highest BCUT2D eigenvalue weighted by Gasteiger charge is 2.17. The van der Waals surface area contributed by atoms with Gasteiger partial charge in [-0.1, -0.05) is 0 Å². The Balaban J connectivity index is 2.07. The monoisotopic (exact) mass is 293 g/mol. The van der Waals surface area contributed by atoms with Gasteiger partial charge in [-0.2, -0.15) is 0 Å². The number of benzene rings is 1. The van der Waals surface area contributed by atoms with Gasteiger partial charge in [-0.05, 0) is 37.1 Å². The van der Waals surface area contributed by atoms with Crippen molar-refractivity contribution in [3.05, 3.63) is 63.3 Å². The number of hydrogen-bond donors (Lipinski definition) is 1. The number of hydrogen-bond acceptors (Lipinski definition) is 4. The number of pyridine rings is 1. The summed E-state index contributed by atoms with van der Waals surface area (Å²) in [5.74, 6) is -1.15. The topological polar surface area (TPSA) is 68.1 Å². The Morgan fingerprint density at radius 3 is 2.57 bits per heavy atom. The zero-order chi connectivity index (χ0) is 15.4. The summed E-state index contributed by atoms with van der Waals surface area (Å²) in [4.78, 5) is 14.4. The predicted molar refractivity (Wildman–Crippen MR) is 74.2 cm³/mol. The normalized spacial score (nSPS) is 10.4. The van der Waals surface area contributed by atoms with Gasteiger partial charge in [0.15, 0.2) is 0 Å². The molecule has 0 saturated carbocycles. The Morgan fingerprint density at radius 2 is 1.95 bits per heavy atom. The number of aromatic nitrogens is 1. The van der Waals surface area contributed by atoms with Gasteiger partial charge in [0.1, 0.15) is 11.6 Å². The first-order valence-electron chi connectivity index (χ1n) is 6.26. The molecular formula is C14H13F2N3O2.